The number of fused-ring (bicyclic) bond motifs is 1. The molecule has 0 spiro atoms. The van der Waals surface area contributed by atoms with Gasteiger partial charge >= 0.3 is 6.03 Å². The second-order valence-electron chi connectivity index (χ2n) is 6.24. The molecule has 0 bridgehead atoms. The van der Waals surface area contributed by atoms with Gasteiger partial charge in [-0.15, -0.1) is 0 Å². The standard InChI is InChI=1S/C21H22ClN3O2/c1-27-20-9-8-18(22)14-19(20)24-21(26)23-11-4-5-12-25-13-10-16-6-2-3-7-17(16)15-25/h2-3,6-9,14H,10-13,15H2,1H3,(H2,23,24,26). The van der Waals surface area contributed by atoms with Gasteiger partial charge in [0, 0.05) is 18.1 Å². The zero-order chi connectivity index (χ0) is 19.1. The monoisotopic (exact) mass is 383 g/mol. The molecule has 3 rings (SSSR count). The van der Waals surface area contributed by atoms with E-state index in [2.05, 4.69) is 51.6 Å². The normalized spacial score (nSPS) is 13.1. The van der Waals surface area contributed by atoms with Gasteiger partial charge in [0.05, 0.1) is 25.9 Å². The summed E-state index contributed by atoms with van der Waals surface area (Å²) >= 11 is 5.95. The van der Waals surface area contributed by atoms with Gasteiger partial charge in [-0.25, -0.2) is 4.79 Å². The van der Waals surface area contributed by atoms with Gasteiger partial charge < -0.3 is 15.4 Å². The number of hydrogen-bond acceptors (Lipinski definition) is 3. The molecule has 0 fully saturated rings. The second-order valence-corrected chi connectivity index (χ2v) is 6.67. The van der Waals surface area contributed by atoms with Crippen molar-refractivity contribution in [2.75, 3.05) is 32.1 Å². The largest absolute Gasteiger partial charge is 0.495 e. The fraction of sp³-hybridized carbons (Fsp3) is 0.286. The van der Waals surface area contributed by atoms with Gasteiger partial charge in [-0.1, -0.05) is 47.7 Å². The van der Waals surface area contributed by atoms with E-state index in [1.807, 2.05) is 0 Å². The van der Waals surface area contributed by atoms with Crippen LogP contribution in [0.5, 0.6) is 5.75 Å². The first kappa shape index (κ1) is 19.1. The van der Waals surface area contributed by atoms with E-state index in [0.717, 1.165) is 19.5 Å². The minimum atomic E-state index is -0.350. The Morgan fingerprint density at radius 1 is 1.22 bits per heavy atom. The number of nitrogens with zero attached hydrogens (tertiary/aromatic N) is 1. The maximum Gasteiger partial charge on any atom is 0.320 e. The molecule has 27 heavy (non-hydrogen) atoms. The molecule has 1 heterocycles. The molecule has 6 heteroatoms. The summed E-state index contributed by atoms with van der Waals surface area (Å²) < 4.78 is 5.20. The predicted molar refractivity (Wildman–Crippen MR) is 108 cm³/mol. The third-order valence-electron chi connectivity index (χ3n) is 4.38. The Morgan fingerprint density at radius 2 is 2.04 bits per heavy atom. The Labute approximate surface area is 164 Å². The molecule has 0 aromatic heterocycles. The number of anilines is 1. The van der Waals surface area contributed by atoms with E-state index in [0.29, 0.717) is 23.0 Å². The van der Waals surface area contributed by atoms with E-state index in [1.54, 1.807) is 18.2 Å². The Morgan fingerprint density at radius 3 is 2.85 bits per heavy atom. The molecule has 2 aromatic rings. The summed E-state index contributed by atoms with van der Waals surface area (Å²) in [5, 5.41) is 5.95. The lowest BCUT2D eigenvalue weighted by atomic mass is 10.0. The van der Waals surface area contributed by atoms with Crippen LogP contribution in [0.3, 0.4) is 0 Å². The number of benzene rings is 2. The molecule has 1 aliphatic heterocycles. The number of carbonyl (C=O) groups excluding carboxylic acids is 1. The van der Waals surface area contributed by atoms with Crippen molar-refractivity contribution in [3.05, 3.63) is 58.6 Å². The van der Waals surface area contributed by atoms with Crippen LogP contribution in [0.4, 0.5) is 10.5 Å². The summed E-state index contributed by atoms with van der Waals surface area (Å²) in [5.41, 5.74) is 3.32. The third kappa shape index (κ3) is 5.40. The summed E-state index contributed by atoms with van der Waals surface area (Å²) in [6, 6.07) is 13.2. The van der Waals surface area contributed by atoms with E-state index in [1.165, 1.54) is 18.2 Å². The molecule has 140 valence electrons. The minimum absolute atomic E-state index is 0.277. The van der Waals surface area contributed by atoms with Gasteiger partial charge in [-0.2, -0.15) is 0 Å². The fourth-order valence-corrected chi connectivity index (χ4v) is 3.16. The number of methoxy groups -OCH3 is 1. The van der Waals surface area contributed by atoms with E-state index < -0.39 is 0 Å². The highest BCUT2D eigenvalue weighted by Crippen LogP contribution is 2.27. The molecule has 0 atom stereocenters. The number of amides is 2. The number of carbonyl (C=O) groups is 1. The summed E-state index contributed by atoms with van der Waals surface area (Å²) in [4.78, 5) is 14.3. The lowest BCUT2D eigenvalue weighted by molar-refractivity contribution is 0.253. The van der Waals surface area contributed by atoms with Crippen molar-refractivity contribution in [1.29, 1.82) is 0 Å². The van der Waals surface area contributed by atoms with Gasteiger partial charge in [0.1, 0.15) is 5.75 Å². The number of rotatable bonds is 4. The lowest BCUT2D eigenvalue weighted by Gasteiger charge is -2.26. The van der Waals surface area contributed by atoms with Crippen molar-refractivity contribution < 1.29 is 9.53 Å². The van der Waals surface area contributed by atoms with Crippen molar-refractivity contribution >= 4 is 23.3 Å². The van der Waals surface area contributed by atoms with Crippen LogP contribution in [-0.2, 0) is 13.0 Å². The Kier molecular flexibility index (Phi) is 6.59. The molecule has 0 saturated heterocycles. The van der Waals surface area contributed by atoms with E-state index in [9.17, 15) is 4.79 Å². The summed E-state index contributed by atoms with van der Waals surface area (Å²) in [5.74, 6) is 6.66. The summed E-state index contributed by atoms with van der Waals surface area (Å²) in [6.45, 7) is 2.90. The molecule has 2 amide bonds. The Bertz CT molecular complexity index is 873. The van der Waals surface area contributed by atoms with Crippen LogP contribution in [0.1, 0.15) is 11.1 Å². The summed E-state index contributed by atoms with van der Waals surface area (Å²) in [7, 11) is 1.54. The SMILES string of the molecule is COc1ccc(Cl)cc1NC(=O)NCC#CCN1CCc2ccccc2C1. The van der Waals surface area contributed by atoms with Crippen molar-refractivity contribution in [1.82, 2.24) is 10.2 Å². The first-order chi connectivity index (χ1) is 13.2. The Hall–Kier alpha value is -2.68. The highest BCUT2D eigenvalue weighted by Gasteiger charge is 2.14. The van der Waals surface area contributed by atoms with Crippen molar-refractivity contribution in [3.8, 4) is 17.6 Å². The molecular formula is C21H22ClN3O2. The average molecular weight is 384 g/mol. The van der Waals surface area contributed by atoms with Crippen molar-refractivity contribution in [2.24, 2.45) is 0 Å². The number of hydrogen-bond donors (Lipinski definition) is 2. The quantitative estimate of drug-likeness (QED) is 0.794. The van der Waals surface area contributed by atoms with Crippen LogP contribution in [0.2, 0.25) is 5.02 Å². The van der Waals surface area contributed by atoms with Gasteiger partial charge in [0.25, 0.3) is 0 Å². The Balaban J connectivity index is 1.43. The topological polar surface area (TPSA) is 53.6 Å². The van der Waals surface area contributed by atoms with Crippen LogP contribution >= 0.6 is 11.6 Å². The molecule has 2 N–H and O–H groups in total. The first-order valence-corrected chi connectivity index (χ1v) is 9.17. The summed E-state index contributed by atoms with van der Waals surface area (Å²) in [6.07, 6.45) is 1.06. The van der Waals surface area contributed by atoms with Crippen molar-refractivity contribution in [3.63, 3.8) is 0 Å². The molecule has 0 saturated carbocycles. The highest BCUT2D eigenvalue weighted by atomic mass is 35.5. The van der Waals surface area contributed by atoms with Crippen LogP contribution in [0, 0.1) is 11.8 Å². The van der Waals surface area contributed by atoms with Crippen molar-refractivity contribution in [2.45, 2.75) is 13.0 Å². The predicted octanol–water partition coefficient (Wildman–Crippen LogP) is 3.53. The average Bonchev–Trinajstić information content (AvgIpc) is 2.68. The number of ether oxygens (including phenoxy) is 1. The maximum absolute atomic E-state index is 12.0. The molecule has 2 aromatic carbocycles. The van der Waals surface area contributed by atoms with Crippen LogP contribution in [0.25, 0.3) is 0 Å². The van der Waals surface area contributed by atoms with Crippen LogP contribution in [0.15, 0.2) is 42.5 Å². The fourth-order valence-electron chi connectivity index (χ4n) is 2.99. The molecule has 5 nitrogen and oxygen atoms in total. The minimum Gasteiger partial charge on any atom is -0.495 e. The lowest BCUT2D eigenvalue weighted by Crippen LogP contribution is -2.31. The van der Waals surface area contributed by atoms with Gasteiger partial charge in [-0.05, 0) is 35.7 Å². The van der Waals surface area contributed by atoms with Gasteiger partial charge in [0.15, 0.2) is 0 Å². The van der Waals surface area contributed by atoms with Gasteiger partial charge in [0.2, 0.25) is 0 Å². The molecule has 0 aliphatic carbocycles. The maximum atomic E-state index is 12.0. The first-order valence-electron chi connectivity index (χ1n) is 8.79. The van der Waals surface area contributed by atoms with Crippen LogP contribution in [-0.4, -0.2) is 37.7 Å². The van der Waals surface area contributed by atoms with Gasteiger partial charge in [-0.3, -0.25) is 4.90 Å². The zero-order valence-corrected chi connectivity index (χ0v) is 16.0. The highest BCUT2D eigenvalue weighted by molar-refractivity contribution is 6.31. The molecule has 0 unspecified atom stereocenters. The smallest absolute Gasteiger partial charge is 0.320 e. The number of nitrogens with one attached hydrogen (secondary N) is 2. The second kappa shape index (κ2) is 9.31. The van der Waals surface area contributed by atoms with E-state index in [4.69, 9.17) is 16.3 Å². The zero-order valence-electron chi connectivity index (χ0n) is 15.2. The molecule has 1 aliphatic rings. The van der Waals surface area contributed by atoms with Crippen LogP contribution < -0.4 is 15.4 Å². The molecular weight excluding hydrogens is 362 g/mol. The number of urea groups is 1. The molecule has 0 radical (unpaired) electrons. The van der Waals surface area contributed by atoms with E-state index >= 15 is 0 Å². The van der Waals surface area contributed by atoms with E-state index in [-0.39, 0.29) is 12.6 Å². The number of halogens is 1. The third-order valence-corrected chi connectivity index (χ3v) is 4.62.